The van der Waals surface area contributed by atoms with Crippen LogP contribution in [0.1, 0.15) is 38.0 Å². The molecule has 1 amide bonds. The van der Waals surface area contributed by atoms with Gasteiger partial charge < -0.3 is 19.9 Å². The molecule has 1 aromatic carbocycles. The second kappa shape index (κ2) is 11.7. The summed E-state index contributed by atoms with van der Waals surface area (Å²) >= 11 is 0. The minimum atomic E-state index is -0.520. The summed E-state index contributed by atoms with van der Waals surface area (Å²) in [5, 5.41) is 17.4. The van der Waals surface area contributed by atoms with Gasteiger partial charge in [-0.3, -0.25) is 10.3 Å². The summed E-state index contributed by atoms with van der Waals surface area (Å²) in [7, 11) is 3.66. The lowest BCUT2D eigenvalue weighted by Crippen LogP contribution is -2.38. The quantitative estimate of drug-likeness (QED) is 0.302. The summed E-state index contributed by atoms with van der Waals surface area (Å²) in [5.74, 6) is 2.42. The number of nitrogens with zero attached hydrogens (tertiary/aromatic N) is 4. The molecule has 0 saturated heterocycles. The zero-order chi connectivity index (χ0) is 21.4. The maximum Gasteiger partial charge on any atom is 0.412 e. The van der Waals surface area contributed by atoms with Gasteiger partial charge in [-0.05, 0) is 51.8 Å². The van der Waals surface area contributed by atoms with Crippen molar-refractivity contribution < 1.29 is 9.53 Å². The molecule has 10 heteroatoms. The number of hydrogen-bond acceptors (Lipinski definition) is 5. The van der Waals surface area contributed by atoms with Gasteiger partial charge >= 0.3 is 6.09 Å². The summed E-state index contributed by atoms with van der Waals surface area (Å²) < 4.78 is 7.19. The minimum Gasteiger partial charge on any atom is -0.444 e. The number of carbonyl (C=O) groups excluding carboxylic acids is 1. The molecule has 30 heavy (non-hydrogen) atoms. The van der Waals surface area contributed by atoms with E-state index in [2.05, 4.69) is 31.1 Å². The predicted molar refractivity (Wildman–Crippen MR) is 129 cm³/mol. The molecule has 2 rings (SSSR count). The number of aryl methyl sites for hydroxylation is 1. The first kappa shape index (κ1) is 25.7. The van der Waals surface area contributed by atoms with Crippen LogP contribution in [-0.2, 0) is 24.8 Å². The number of nitrogens with one attached hydrogen (secondary N) is 3. The highest BCUT2D eigenvalue weighted by Crippen LogP contribution is 2.13. The monoisotopic (exact) mass is 529 g/mol. The van der Waals surface area contributed by atoms with Crippen LogP contribution in [0.15, 0.2) is 29.3 Å². The first-order valence-corrected chi connectivity index (χ1v) is 9.56. The molecule has 0 unspecified atom stereocenters. The molecular weight excluding hydrogens is 497 g/mol. The Morgan fingerprint density at radius 1 is 1.17 bits per heavy atom. The van der Waals surface area contributed by atoms with Crippen molar-refractivity contribution in [3.8, 4) is 0 Å². The van der Waals surface area contributed by atoms with Crippen molar-refractivity contribution >= 4 is 41.7 Å². The van der Waals surface area contributed by atoms with E-state index in [-0.39, 0.29) is 24.0 Å². The van der Waals surface area contributed by atoms with Crippen molar-refractivity contribution in [1.82, 2.24) is 25.4 Å². The fourth-order valence-corrected chi connectivity index (χ4v) is 2.49. The van der Waals surface area contributed by atoms with Gasteiger partial charge in [0.25, 0.3) is 0 Å². The van der Waals surface area contributed by atoms with Crippen molar-refractivity contribution in [1.29, 1.82) is 0 Å². The lowest BCUT2D eigenvalue weighted by atomic mass is 10.1. The molecule has 0 aliphatic heterocycles. The molecule has 0 spiro atoms. The Bertz CT molecular complexity index is 842. The summed E-state index contributed by atoms with van der Waals surface area (Å²) in [4.78, 5) is 16.0. The van der Waals surface area contributed by atoms with E-state index in [0.29, 0.717) is 18.2 Å². The molecule has 0 fully saturated rings. The number of hydrogen-bond donors (Lipinski definition) is 3. The first-order valence-electron chi connectivity index (χ1n) is 9.56. The van der Waals surface area contributed by atoms with Gasteiger partial charge in [0.2, 0.25) is 0 Å². The summed E-state index contributed by atoms with van der Waals surface area (Å²) in [5.41, 5.74) is 1.33. The summed E-state index contributed by atoms with van der Waals surface area (Å²) in [6, 6.07) is 7.69. The molecule has 0 saturated carbocycles. The number of ether oxygens (including phenoxy) is 1. The standard InChI is InChI=1S/C20H31N7O2.HI/c1-14-25-26-17(27(14)6)13-23-18(21-5)22-12-11-15-7-9-16(10-8-15)24-19(28)29-20(2,3)4;/h7-10H,11-13H2,1-6H3,(H,24,28)(H2,21,22,23);1H. The van der Waals surface area contributed by atoms with Gasteiger partial charge in [0.1, 0.15) is 11.4 Å². The van der Waals surface area contributed by atoms with E-state index in [4.69, 9.17) is 4.74 Å². The molecule has 1 heterocycles. The number of halogens is 1. The molecular formula is C20H32IN7O2. The number of aromatic nitrogens is 3. The number of rotatable bonds is 6. The maximum absolute atomic E-state index is 11.8. The van der Waals surface area contributed by atoms with Crippen LogP contribution in [0.25, 0.3) is 0 Å². The second-order valence-electron chi connectivity index (χ2n) is 7.65. The van der Waals surface area contributed by atoms with E-state index in [0.717, 1.165) is 30.2 Å². The van der Waals surface area contributed by atoms with Crippen LogP contribution in [0.3, 0.4) is 0 Å². The van der Waals surface area contributed by atoms with Crippen LogP contribution in [-0.4, -0.2) is 46.0 Å². The number of anilines is 1. The van der Waals surface area contributed by atoms with Crippen LogP contribution in [0.2, 0.25) is 0 Å². The predicted octanol–water partition coefficient (Wildman–Crippen LogP) is 3.00. The molecule has 2 aromatic rings. The van der Waals surface area contributed by atoms with E-state index in [9.17, 15) is 4.79 Å². The van der Waals surface area contributed by atoms with Gasteiger partial charge in [-0.25, -0.2) is 4.79 Å². The molecule has 0 radical (unpaired) electrons. The zero-order valence-corrected chi connectivity index (χ0v) is 20.8. The number of guanidine groups is 1. The van der Waals surface area contributed by atoms with Gasteiger partial charge in [-0.15, -0.1) is 34.2 Å². The smallest absolute Gasteiger partial charge is 0.412 e. The fraction of sp³-hybridized carbons (Fsp3) is 0.500. The normalized spacial score (nSPS) is 11.5. The Hall–Kier alpha value is -2.37. The van der Waals surface area contributed by atoms with Crippen LogP contribution >= 0.6 is 24.0 Å². The van der Waals surface area contributed by atoms with Gasteiger partial charge in [0.05, 0.1) is 6.54 Å². The van der Waals surface area contributed by atoms with E-state index >= 15 is 0 Å². The third-order valence-electron chi connectivity index (χ3n) is 4.13. The third-order valence-corrected chi connectivity index (χ3v) is 4.13. The van der Waals surface area contributed by atoms with Gasteiger partial charge in [0.15, 0.2) is 11.8 Å². The summed E-state index contributed by atoms with van der Waals surface area (Å²) in [6.45, 7) is 8.68. The largest absolute Gasteiger partial charge is 0.444 e. The van der Waals surface area contributed by atoms with E-state index in [1.54, 1.807) is 7.05 Å². The van der Waals surface area contributed by atoms with Crippen molar-refractivity contribution in [3.05, 3.63) is 41.5 Å². The molecule has 1 aromatic heterocycles. The summed E-state index contributed by atoms with van der Waals surface area (Å²) in [6.07, 6.45) is 0.358. The molecule has 0 aliphatic carbocycles. The lowest BCUT2D eigenvalue weighted by Gasteiger charge is -2.19. The SMILES string of the molecule is CN=C(NCCc1ccc(NC(=O)OC(C)(C)C)cc1)NCc1nnc(C)n1C.I. The Balaban J connectivity index is 0.00000450. The van der Waals surface area contributed by atoms with E-state index < -0.39 is 11.7 Å². The number of benzene rings is 1. The number of aliphatic imine (C=N–C) groups is 1. The molecule has 9 nitrogen and oxygen atoms in total. The molecule has 166 valence electrons. The van der Waals surface area contributed by atoms with Gasteiger partial charge in [0, 0.05) is 26.3 Å². The topological polar surface area (TPSA) is 105 Å². The van der Waals surface area contributed by atoms with Crippen LogP contribution in [0, 0.1) is 6.92 Å². The Morgan fingerprint density at radius 2 is 1.83 bits per heavy atom. The van der Waals surface area contributed by atoms with Crippen molar-refractivity contribution in [2.75, 3.05) is 18.9 Å². The molecule has 0 aliphatic rings. The highest BCUT2D eigenvalue weighted by molar-refractivity contribution is 14.0. The fourth-order valence-electron chi connectivity index (χ4n) is 2.49. The van der Waals surface area contributed by atoms with Crippen molar-refractivity contribution in [3.63, 3.8) is 0 Å². The van der Waals surface area contributed by atoms with Crippen molar-refractivity contribution in [2.24, 2.45) is 12.0 Å². The number of amides is 1. The van der Waals surface area contributed by atoms with Crippen LogP contribution < -0.4 is 16.0 Å². The van der Waals surface area contributed by atoms with Gasteiger partial charge in [-0.1, -0.05) is 12.1 Å². The average Bonchev–Trinajstić information content (AvgIpc) is 2.96. The van der Waals surface area contributed by atoms with Crippen molar-refractivity contribution in [2.45, 2.75) is 46.3 Å². The van der Waals surface area contributed by atoms with E-state index in [1.807, 2.05) is 63.6 Å². The zero-order valence-electron chi connectivity index (χ0n) is 18.4. The highest BCUT2D eigenvalue weighted by Gasteiger charge is 2.16. The Kier molecular flexibility index (Phi) is 10.0. The minimum absolute atomic E-state index is 0. The van der Waals surface area contributed by atoms with Crippen LogP contribution in [0.4, 0.5) is 10.5 Å². The average molecular weight is 529 g/mol. The first-order chi connectivity index (χ1) is 13.7. The van der Waals surface area contributed by atoms with Crippen LogP contribution in [0.5, 0.6) is 0 Å². The molecule has 3 N–H and O–H groups in total. The lowest BCUT2D eigenvalue weighted by molar-refractivity contribution is 0.0636. The molecule has 0 atom stereocenters. The Labute approximate surface area is 195 Å². The van der Waals surface area contributed by atoms with Gasteiger partial charge in [-0.2, -0.15) is 0 Å². The molecule has 0 bridgehead atoms. The second-order valence-corrected chi connectivity index (χ2v) is 7.65. The Morgan fingerprint density at radius 3 is 2.37 bits per heavy atom. The van der Waals surface area contributed by atoms with E-state index in [1.165, 1.54) is 0 Å². The number of carbonyl (C=O) groups is 1. The highest BCUT2D eigenvalue weighted by atomic mass is 127. The third kappa shape index (κ3) is 8.56. The maximum atomic E-state index is 11.8.